The Morgan fingerprint density at radius 1 is 1.00 bits per heavy atom. The van der Waals surface area contributed by atoms with Crippen LogP contribution in [0.3, 0.4) is 0 Å². The Labute approximate surface area is 207 Å². The summed E-state index contributed by atoms with van der Waals surface area (Å²) in [6.45, 7) is 6.42. The van der Waals surface area contributed by atoms with Crippen molar-refractivity contribution in [3.05, 3.63) is 24.3 Å². The number of aliphatic hydroxyl groups is 1. The number of hydrogen-bond acceptors (Lipinski definition) is 5. The Kier molecular flexibility index (Phi) is 6.11. The summed E-state index contributed by atoms with van der Waals surface area (Å²) in [6.07, 6.45) is 12.9. The van der Waals surface area contributed by atoms with E-state index in [1.807, 2.05) is 50.0 Å². The number of carbonyl (C=O) groups excluding carboxylic acids is 3. The van der Waals surface area contributed by atoms with Crippen molar-refractivity contribution in [1.82, 2.24) is 14.7 Å². The summed E-state index contributed by atoms with van der Waals surface area (Å²) < 4.78 is 6.82. The van der Waals surface area contributed by atoms with E-state index in [0.717, 1.165) is 25.7 Å². The number of aliphatic hydroxyl groups excluding tert-OH is 1. The van der Waals surface area contributed by atoms with Gasteiger partial charge in [-0.25, -0.2) is 0 Å². The van der Waals surface area contributed by atoms with E-state index < -0.39 is 35.1 Å². The molecule has 1 unspecified atom stereocenters. The van der Waals surface area contributed by atoms with E-state index >= 15 is 0 Å². The number of likely N-dealkylation sites (N-methyl/N-ethyl adjacent to an activating group) is 1. The van der Waals surface area contributed by atoms with E-state index in [-0.39, 0.29) is 36.3 Å². The van der Waals surface area contributed by atoms with E-state index in [9.17, 15) is 19.5 Å². The van der Waals surface area contributed by atoms with Gasteiger partial charge in [0, 0.05) is 26.2 Å². The number of carbonyl (C=O) groups is 3. The molecule has 5 rings (SSSR count). The predicted octanol–water partition coefficient (Wildman–Crippen LogP) is 1.73. The van der Waals surface area contributed by atoms with Crippen LogP contribution >= 0.6 is 0 Å². The van der Waals surface area contributed by atoms with Gasteiger partial charge in [0.05, 0.1) is 30.1 Å². The Morgan fingerprint density at radius 2 is 1.69 bits per heavy atom. The molecule has 8 heteroatoms. The maximum Gasteiger partial charge on any atom is 0.249 e. The Morgan fingerprint density at radius 3 is 2.34 bits per heavy atom. The quantitative estimate of drug-likeness (QED) is 0.613. The first-order chi connectivity index (χ1) is 16.7. The summed E-state index contributed by atoms with van der Waals surface area (Å²) in [5.74, 6) is -2.17. The minimum Gasteiger partial charge on any atom is -0.394 e. The van der Waals surface area contributed by atoms with E-state index in [4.69, 9.17) is 4.74 Å². The maximum absolute atomic E-state index is 14.4. The summed E-state index contributed by atoms with van der Waals surface area (Å²) >= 11 is 0. The first-order valence-electron chi connectivity index (χ1n) is 13.2. The first kappa shape index (κ1) is 24.5. The highest BCUT2D eigenvalue weighted by atomic mass is 16.5. The van der Waals surface area contributed by atoms with Gasteiger partial charge in [0.1, 0.15) is 11.6 Å². The van der Waals surface area contributed by atoms with Crippen LogP contribution in [0.2, 0.25) is 0 Å². The summed E-state index contributed by atoms with van der Waals surface area (Å²) in [7, 11) is 1.74. The van der Waals surface area contributed by atoms with Gasteiger partial charge in [-0.3, -0.25) is 14.4 Å². The Hall–Kier alpha value is -2.19. The van der Waals surface area contributed by atoms with Crippen molar-refractivity contribution < 1.29 is 24.2 Å². The van der Waals surface area contributed by atoms with E-state index in [0.29, 0.717) is 13.1 Å². The smallest absolute Gasteiger partial charge is 0.249 e. The van der Waals surface area contributed by atoms with Crippen molar-refractivity contribution in [2.45, 2.75) is 82.2 Å². The normalized spacial score (nSPS) is 38.5. The van der Waals surface area contributed by atoms with Gasteiger partial charge >= 0.3 is 0 Å². The van der Waals surface area contributed by atoms with Crippen LogP contribution < -0.4 is 0 Å². The van der Waals surface area contributed by atoms with Crippen molar-refractivity contribution in [2.75, 3.05) is 26.7 Å². The van der Waals surface area contributed by atoms with E-state index in [1.165, 1.54) is 6.42 Å². The lowest BCUT2D eigenvalue weighted by Crippen LogP contribution is -2.60. The van der Waals surface area contributed by atoms with Gasteiger partial charge in [-0.05, 0) is 25.7 Å². The zero-order chi connectivity index (χ0) is 25.1. The minimum atomic E-state index is -1.25. The number of ether oxygens (including phenoxy) is 1. The third-order valence-electron chi connectivity index (χ3n) is 9.06. The number of fused-ring (bicyclic) bond motifs is 2. The SMILES string of the molecule is CC(C)[C@H](CO)N1C(=O)[C@@H]2[C@@H]3C(=O)N(C)CC=C[C@]3(C)O[C@@]23C=CCN(C2CCCCC2)C(=O)C13. The third-order valence-corrected chi connectivity index (χ3v) is 9.06. The molecule has 3 amide bonds. The summed E-state index contributed by atoms with van der Waals surface area (Å²) in [4.78, 5) is 47.5. The van der Waals surface area contributed by atoms with Crippen molar-refractivity contribution in [3.8, 4) is 0 Å². The van der Waals surface area contributed by atoms with Gasteiger partial charge in [-0.2, -0.15) is 0 Å². The molecule has 6 atom stereocenters. The molecule has 4 aliphatic heterocycles. The van der Waals surface area contributed by atoms with Crippen molar-refractivity contribution in [1.29, 1.82) is 0 Å². The molecule has 1 saturated carbocycles. The highest BCUT2D eigenvalue weighted by molar-refractivity contribution is 6.00. The minimum absolute atomic E-state index is 0.0678. The second-order valence-electron chi connectivity index (χ2n) is 11.5. The number of rotatable bonds is 4. The molecule has 2 saturated heterocycles. The molecule has 0 aromatic heterocycles. The average molecular weight is 486 g/mol. The molecule has 1 aliphatic carbocycles. The van der Waals surface area contributed by atoms with Gasteiger partial charge in [0.2, 0.25) is 17.7 Å². The molecule has 4 heterocycles. The summed E-state index contributed by atoms with van der Waals surface area (Å²) in [5, 5.41) is 10.4. The van der Waals surface area contributed by atoms with E-state index in [1.54, 1.807) is 16.8 Å². The molecule has 0 aromatic rings. The molecule has 1 spiro atoms. The third kappa shape index (κ3) is 3.50. The maximum atomic E-state index is 14.4. The molecule has 35 heavy (non-hydrogen) atoms. The monoisotopic (exact) mass is 485 g/mol. The second kappa shape index (κ2) is 8.73. The highest BCUT2D eigenvalue weighted by Gasteiger charge is 2.75. The van der Waals surface area contributed by atoms with E-state index in [2.05, 4.69) is 0 Å². The van der Waals surface area contributed by atoms with Crippen LogP contribution in [0, 0.1) is 17.8 Å². The topological polar surface area (TPSA) is 90.4 Å². The van der Waals surface area contributed by atoms with Crippen molar-refractivity contribution in [3.63, 3.8) is 0 Å². The second-order valence-corrected chi connectivity index (χ2v) is 11.5. The van der Waals surface area contributed by atoms with Crippen molar-refractivity contribution in [2.24, 2.45) is 17.8 Å². The van der Waals surface area contributed by atoms with Crippen LogP contribution in [0.5, 0.6) is 0 Å². The van der Waals surface area contributed by atoms with Crippen LogP contribution in [-0.4, -0.2) is 93.6 Å². The molecule has 192 valence electrons. The highest BCUT2D eigenvalue weighted by Crippen LogP contribution is 2.58. The number of nitrogens with zero attached hydrogens (tertiary/aromatic N) is 3. The summed E-state index contributed by atoms with van der Waals surface area (Å²) in [6, 6.07) is -1.31. The van der Waals surface area contributed by atoms with Gasteiger partial charge in [-0.1, -0.05) is 57.4 Å². The number of hydrogen-bond donors (Lipinski definition) is 1. The molecule has 0 bridgehead atoms. The molecule has 8 nitrogen and oxygen atoms in total. The van der Waals surface area contributed by atoms with Crippen LogP contribution in [0.25, 0.3) is 0 Å². The predicted molar refractivity (Wildman–Crippen MR) is 130 cm³/mol. The molecule has 5 aliphatic rings. The number of amides is 3. The fourth-order valence-corrected chi connectivity index (χ4v) is 7.30. The number of likely N-dealkylation sites (tertiary alicyclic amines) is 1. The largest absolute Gasteiger partial charge is 0.394 e. The molecular weight excluding hydrogens is 446 g/mol. The molecule has 0 radical (unpaired) electrons. The fraction of sp³-hybridized carbons (Fsp3) is 0.741. The molecule has 0 aromatic carbocycles. The fourth-order valence-electron chi connectivity index (χ4n) is 7.30. The Balaban J connectivity index is 1.66. The van der Waals surface area contributed by atoms with Gasteiger partial charge in [0.15, 0.2) is 0 Å². The average Bonchev–Trinajstić information content (AvgIpc) is 3.10. The lowest BCUT2D eigenvalue weighted by Gasteiger charge is -2.43. The zero-order valence-corrected chi connectivity index (χ0v) is 21.4. The van der Waals surface area contributed by atoms with Crippen molar-refractivity contribution >= 4 is 17.7 Å². The molecule has 3 fully saturated rings. The summed E-state index contributed by atoms with van der Waals surface area (Å²) in [5.41, 5.74) is -2.25. The van der Waals surface area contributed by atoms with Crippen LogP contribution in [0.15, 0.2) is 24.3 Å². The molecular formula is C27H39N3O5. The van der Waals surface area contributed by atoms with Gasteiger partial charge < -0.3 is 24.5 Å². The Bertz CT molecular complexity index is 956. The van der Waals surface area contributed by atoms with Crippen LogP contribution in [0.4, 0.5) is 0 Å². The van der Waals surface area contributed by atoms with Gasteiger partial charge in [-0.15, -0.1) is 0 Å². The standard InChI is InChI=1S/C27H39N3O5/c1-17(2)19(16-31)30-22-25(34)29(18-10-6-5-7-11-18)15-9-13-27(22)21(24(30)33)20-23(32)28(4)14-8-12-26(20,3)35-27/h8-9,12-13,17-22,31H,5-7,10-11,14-16H2,1-4H3/t19-,20+,21-,22?,26-,27-/m0/s1. The lowest BCUT2D eigenvalue weighted by molar-refractivity contribution is -0.158. The van der Waals surface area contributed by atoms with Gasteiger partial charge in [0.25, 0.3) is 0 Å². The van der Waals surface area contributed by atoms with Crippen LogP contribution in [0.1, 0.15) is 52.9 Å². The zero-order valence-electron chi connectivity index (χ0n) is 21.4. The molecule has 1 N–H and O–H groups in total. The first-order valence-corrected chi connectivity index (χ1v) is 13.2. The lowest BCUT2D eigenvalue weighted by atomic mass is 9.74. The van der Waals surface area contributed by atoms with Crippen LogP contribution in [-0.2, 0) is 19.1 Å².